The summed E-state index contributed by atoms with van der Waals surface area (Å²) in [6.07, 6.45) is -5.17. The molecule has 0 saturated carbocycles. The Bertz CT molecular complexity index is 1870. The van der Waals surface area contributed by atoms with Gasteiger partial charge in [-0.05, 0) is 82.6 Å². The van der Waals surface area contributed by atoms with Crippen molar-refractivity contribution in [1.29, 1.82) is 0 Å². The summed E-state index contributed by atoms with van der Waals surface area (Å²) < 4.78 is 40.2. The van der Waals surface area contributed by atoms with E-state index in [0.717, 1.165) is 5.56 Å². The van der Waals surface area contributed by atoms with Crippen molar-refractivity contribution < 1.29 is 47.8 Å². The number of benzene rings is 3. The van der Waals surface area contributed by atoms with E-state index in [2.05, 4.69) is 5.32 Å². The van der Waals surface area contributed by atoms with Gasteiger partial charge in [-0.3, -0.25) is 4.79 Å². The number of aliphatic hydroxyl groups excluding tert-OH is 2. The number of fused-ring (bicyclic) bond motifs is 1. The molecule has 1 aliphatic heterocycles. The maximum Gasteiger partial charge on any atom is 0.360 e. The van der Waals surface area contributed by atoms with Crippen LogP contribution in [-0.4, -0.2) is 73.8 Å². The Morgan fingerprint density at radius 1 is 0.958 bits per heavy atom. The average Bonchev–Trinajstić information content (AvgIpc) is 3.05. The zero-order chi connectivity index (χ0) is 34.9. The van der Waals surface area contributed by atoms with Gasteiger partial charge in [0.25, 0.3) is 5.91 Å². The number of rotatable bonds is 10. The van der Waals surface area contributed by atoms with Crippen LogP contribution in [0.3, 0.4) is 0 Å². The first-order valence-corrected chi connectivity index (χ1v) is 15.4. The molecule has 12 heteroatoms. The van der Waals surface area contributed by atoms with E-state index < -0.39 is 41.7 Å². The molecular formula is C36H41NO11. The van der Waals surface area contributed by atoms with Crippen LogP contribution in [-0.2, 0) is 9.47 Å². The van der Waals surface area contributed by atoms with Crippen LogP contribution in [0.25, 0.3) is 22.1 Å². The number of aryl methyl sites for hydroxylation is 1. The number of amides is 1. The minimum atomic E-state index is -1.46. The van der Waals surface area contributed by atoms with Gasteiger partial charge in [-0.2, -0.15) is 0 Å². The van der Waals surface area contributed by atoms with E-state index in [0.29, 0.717) is 28.0 Å². The fraction of sp³-hybridized carbons (Fsp3) is 0.389. The lowest BCUT2D eigenvalue weighted by atomic mass is 9.89. The Balaban J connectivity index is 1.49. The third-order valence-electron chi connectivity index (χ3n) is 8.15. The van der Waals surface area contributed by atoms with Crippen LogP contribution in [0.5, 0.6) is 23.0 Å². The molecule has 12 nitrogen and oxygen atoms in total. The van der Waals surface area contributed by atoms with Crippen LogP contribution >= 0.6 is 0 Å². The molecule has 1 aliphatic rings. The Kier molecular flexibility index (Phi) is 10.0. The highest BCUT2D eigenvalue weighted by Crippen LogP contribution is 2.41. The van der Waals surface area contributed by atoms with Gasteiger partial charge in [0.1, 0.15) is 41.1 Å². The van der Waals surface area contributed by atoms with Crippen molar-refractivity contribution in [3.63, 3.8) is 0 Å². The van der Waals surface area contributed by atoms with Gasteiger partial charge < -0.3 is 48.4 Å². The fourth-order valence-electron chi connectivity index (χ4n) is 5.84. The monoisotopic (exact) mass is 663 g/mol. The van der Waals surface area contributed by atoms with Crippen molar-refractivity contribution in [3.8, 4) is 34.1 Å². The molecule has 4 aromatic rings. The van der Waals surface area contributed by atoms with Gasteiger partial charge in [0.2, 0.25) is 6.29 Å². The zero-order valence-corrected chi connectivity index (χ0v) is 28.2. The highest BCUT2D eigenvalue weighted by molar-refractivity contribution is 6.06. The smallest absolute Gasteiger partial charge is 0.360 e. The number of aliphatic hydroxyl groups is 2. The van der Waals surface area contributed by atoms with E-state index >= 15 is 0 Å². The predicted molar refractivity (Wildman–Crippen MR) is 178 cm³/mol. The highest BCUT2D eigenvalue weighted by atomic mass is 16.7. The van der Waals surface area contributed by atoms with Gasteiger partial charge in [0.15, 0.2) is 11.5 Å². The minimum absolute atomic E-state index is 0.0867. The fourth-order valence-corrected chi connectivity index (χ4v) is 5.84. The molecule has 3 N–H and O–H groups in total. The number of hydrogen-bond donors (Lipinski definition) is 3. The normalized spacial score (nSPS) is 20.4. The van der Waals surface area contributed by atoms with E-state index in [1.165, 1.54) is 13.2 Å². The highest BCUT2D eigenvalue weighted by Gasteiger charge is 2.50. The Morgan fingerprint density at radius 2 is 1.71 bits per heavy atom. The summed E-state index contributed by atoms with van der Waals surface area (Å²) in [6.45, 7) is 8.75. The van der Waals surface area contributed by atoms with E-state index in [9.17, 15) is 19.8 Å². The molecule has 0 unspecified atom stereocenters. The van der Waals surface area contributed by atoms with Crippen molar-refractivity contribution in [2.45, 2.75) is 70.9 Å². The molecule has 1 aromatic heterocycles. The summed E-state index contributed by atoms with van der Waals surface area (Å²) in [7, 11) is 4.53. The summed E-state index contributed by atoms with van der Waals surface area (Å²) in [4.78, 5) is 26.7. The second-order valence-corrected chi connectivity index (χ2v) is 12.3. The first kappa shape index (κ1) is 34.7. The van der Waals surface area contributed by atoms with Crippen LogP contribution in [0, 0.1) is 6.92 Å². The van der Waals surface area contributed by atoms with Crippen LogP contribution in [0.2, 0.25) is 0 Å². The average molecular weight is 664 g/mol. The third kappa shape index (κ3) is 6.83. The lowest BCUT2D eigenvalue weighted by molar-refractivity contribution is -0.306. The first-order chi connectivity index (χ1) is 22.8. The van der Waals surface area contributed by atoms with Crippen LogP contribution in [0.1, 0.15) is 43.6 Å². The molecule has 4 atom stereocenters. The minimum Gasteiger partial charge on any atom is -0.497 e. The maximum atomic E-state index is 13.4. The van der Waals surface area contributed by atoms with E-state index in [1.54, 1.807) is 59.3 Å². The molecule has 0 bridgehead atoms. The van der Waals surface area contributed by atoms with Crippen molar-refractivity contribution in [2.24, 2.45) is 0 Å². The lowest BCUT2D eigenvalue weighted by Gasteiger charge is -2.46. The Morgan fingerprint density at radius 3 is 2.38 bits per heavy atom. The summed E-state index contributed by atoms with van der Waals surface area (Å²) in [5.74, 6) is 1.09. The summed E-state index contributed by atoms with van der Waals surface area (Å²) in [6, 6.07) is 15.4. The number of hydrogen-bond acceptors (Lipinski definition) is 11. The van der Waals surface area contributed by atoms with Crippen molar-refractivity contribution >= 4 is 22.6 Å². The van der Waals surface area contributed by atoms with Crippen LogP contribution in [0.4, 0.5) is 5.69 Å². The van der Waals surface area contributed by atoms with Gasteiger partial charge in [0.05, 0.1) is 25.9 Å². The summed E-state index contributed by atoms with van der Waals surface area (Å²) in [5, 5.41) is 24.7. The number of carbonyl (C=O) groups is 1. The first-order valence-electron chi connectivity index (χ1n) is 15.4. The molecule has 3 aromatic carbocycles. The molecule has 1 fully saturated rings. The van der Waals surface area contributed by atoms with Gasteiger partial charge in [-0.15, -0.1) is 0 Å². The second-order valence-electron chi connectivity index (χ2n) is 12.3. The van der Waals surface area contributed by atoms with Crippen molar-refractivity contribution in [2.75, 3.05) is 26.6 Å². The van der Waals surface area contributed by atoms with Gasteiger partial charge in [0, 0.05) is 29.2 Å². The van der Waals surface area contributed by atoms with Gasteiger partial charge >= 0.3 is 5.63 Å². The third-order valence-corrected chi connectivity index (χ3v) is 8.15. The lowest BCUT2D eigenvalue weighted by Crippen LogP contribution is -2.63. The van der Waals surface area contributed by atoms with E-state index in [4.69, 9.17) is 32.8 Å². The second kappa shape index (κ2) is 13.9. The van der Waals surface area contributed by atoms with Crippen LogP contribution in [0.15, 0.2) is 63.8 Å². The SMILES string of the molecule is COc1cccc(-c2cc(C(=O)Nc3cc4cc(OC(C)C)c(O[C@@H]5OC(C)(C)[C@H](OC)[C@@H](O)[C@@H]5O)c(C)c4oc3=O)ccc2OC)c1. The quantitative estimate of drug-likeness (QED) is 0.195. The molecule has 2 heterocycles. The number of nitrogens with one attached hydrogen (secondary N) is 1. The largest absolute Gasteiger partial charge is 0.497 e. The molecule has 1 saturated heterocycles. The zero-order valence-electron chi connectivity index (χ0n) is 28.2. The molecule has 0 spiro atoms. The van der Waals surface area contributed by atoms with Gasteiger partial charge in [-0.25, -0.2) is 4.79 Å². The number of carbonyl (C=O) groups excluding carboxylic acids is 1. The number of ether oxygens (including phenoxy) is 6. The Hall–Kier alpha value is -4.62. The standard InChI is InChI=1S/C36H41NO11/c1-18(2)45-27-17-22-16-25(37-33(40)21-12-13-26(43-7)24(15-21)20-10-9-11-23(14-20)42-6)34(41)46-30(22)19(3)31(27)47-35-29(39)28(38)32(44-8)36(4,5)48-35/h9-18,28-29,32,35,38-39H,1-8H3,(H,37,40)/t28-,29-,32+,35+/m0/s1. The molecule has 0 radical (unpaired) electrons. The van der Waals surface area contributed by atoms with Crippen LogP contribution < -0.4 is 29.9 Å². The van der Waals surface area contributed by atoms with E-state index in [-0.39, 0.29) is 34.4 Å². The number of methoxy groups -OCH3 is 3. The summed E-state index contributed by atoms with van der Waals surface area (Å²) in [5.41, 5.74) is 0.383. The van der Waals surface area contributed by atoms with Gasteiger partial charge in [-0.1, -0.05) is 12.1 Å². The topological polar surface area (TPSA) is 155 Å². The molecule has 48 heavy (non-hydrogen) atoms. The Labute approximate surface area is 278 Å². The molecule has 256 valence electrons. The molecule has 5 rings (SSSR count). The van der Waals surface area contributed by atoms with Crippen molar-refractivity contribution in [3.05, 3.63) is 76.1 Å². The van der Waals surface area contributed by atoms with Crippen molar-refractivity contribution in [1.82, 2.24) is 0 Å². The molecular weight excluding hydrogens is 622 g/mol. The molecule has 1 amide bonds. The maximum absolute atomic E-state index is 13.4. The molecule has 0 aliphatic carbocycles. The number of anilines is 1. The predicted octanol–water partition coefficient (Wildman–Crippen LogP) is 5.08. The van der Waals surface area contributed by atoms with E-state index in [1.807, 2.05) is 38.1 Å². The summed E-state index contributed by atoms with van der Waals surface area (Å²) >= 11 is 0.